The Bertz CT molecular complexity index is 657. The first-order valence-corrected chi connectivity index (χ1v) is 9.92. The number of aliphatic hydroxyl groups excluding tert-OH is 1. The molecule has 0 spiro atoms. The summed E-state index contributed by atoms with van der Waals surface area (Å²) in [5.41, 5.74) is -0.0145. The minimum Gasteiger partial charge on any atom is -0.465 e. The summed E-state index contributed by atoms with van der Waals surface area (Å²) in [7, 11) is 0. The first-order chi connectivity index (χ1) is 13.6. The Morgan fingerprint density at radius 2 is 1.72 bits per heavy atom. The number of hydrogen-bond acceptors (Lipinski definition) is 6. The van der Waals surface area contributed by atoms with Crippen molar-refractivity contribution in [3.8, 4) is 0 Å². The molecule has 0 aliphatic heterocycles. The average molecular weight is 408 g/mol. The van der Waals surface area contributed by atoms with Crippen molar-refractivity contribution in [1.29, 1.82) is 0 Å². The second kappa shape index (κ2) is 12.2. The highest BCUT2D eigenvalue weighted by Crippen LogP contribution is 2.22. The minimum atomic E-state index is -1.33. The third-order valence-electron chi connectivity index (χ3n) is 4.27. The Balaban J connectivity index is 2.26. The molecular formula is C22H33NO6. The molecule has 1 amide bonds. The van der Waals surface area contributed by atoms with E-state index in [-0.39, 0.29) is 44.0 Å². The van der Waals surface area contributed by atoms with Gasteiger partial charge in [0.05, 0.1) is 6.61 Å². The molecule has 1 rings (SSSR count). The van der Waals surface area contributed by atoms with E-state index in [2.05, 4.69) is 5.32 Å². The minimum absolute atomic E-state index is 0.0566. The zero-order valence-electron chi connectivity index (χ0n) is 17.8. The van der Waals surface area contributed by atoms with Gasteiger partial charge in [-0.1, -0.05) is 58.0 Å². The fraction of sp³-hybridized carbons (Fsp3) is 0.591. The van der Waals surface area contributed by atoms with Crippen molar-refractivity contribution in [2.75, 3.05) is 13.2 Å². The lowest BCUT2D eigenvalue weighted by Crippen LogP contribution is -2.46. The molecule has 0 aliphatic carbocycles. The molecule has 0 bridgehead atoms. The fourth-order valence-electron chi connectivity index (χ4n) is 2.44. The molecule has 0 radical (unpaired) electrons. The van der Waals surface area contributed by atoms with E-state index in [9.17, 15) is 19.5 Å². The summed E-state index contributed by atoms with van der Waals surface area (Å²) < 4.78 is 10.3. The first kappa shape index (κ1) is 24.6. The topological polar surface area (TPSA) is 102 Å². The summed E-state index contributed by atoms with van der Waals surface area (Å²) in [4.78, 5) is 35.6. The number of nitrogens with one attached hydrogen (secondary N) is 1. The van der Waals surface area contributed by atoms with Crippen LogP contribution in [0.1, 0.15) is 52.5 Å². The molecule has 162 valence electrons. The summed E-state index contributed by atoms with van der Waals surface area (Å²) >= 11 is 0. The van der Waals surface area contributed by atoms with Crippen molar-refractivity contribution in [3.05, 3.63) is 35.9 Å². The summed E-state index contributed by atoms with van der Waals surface area (Å²) in [5.74, 6) is -1.08. The second-order valence-corrected chi connectivity index (χ2v) is 8.19. The fourth-order valence-corrected chi connectivity index (χ4v) is 2.44. The van der Waals surface area contributed by atoms with Gasteiger partial charge in [0.1, 0.15) is 12.7 Å². The quantitative estimate of drug-likeness (QED) is 0.408. The van der Waals surface area contributed by atoms with E-state index < -0.39 is 17.4 Å². The molecule has 0 aromatic heterocycles. The lowest BCUT2D eigenvalue weighted by molar-refractivity contribution is -0.153. The van der Waals surface area contributed by atoms with Gasteiger partial charge in [0.25, 0.3) is 0 Å². The van der Waals surface area contributed by atoms with E-state index in [0.717, 1.165) is 5.56 Å². The highest BCUT2D eigenvalue weighted by Gasteiger charge is 2.34. The monoisotopic (exact) mass is 407 g/mol. The number of esters is 2. The molecule has 0 saturated heterocycles. The number of amides is 1. The van der Waals surface area contributed by atoms with E-state index in [1.807, 2.05) is 44.2 Å². The van der Waals surface area contributed by atoms with Gasteiger partial charge in [-0.25, -0.2) is 0 Å². The highest BCUT2D eigenvalue weighted by molar-refractivity contribution is 5.81. The van der Waals surface area contributed by atoms with Crippen LogP contribution in [0.3, 0.4) is 0 Å². The number of rotatable bonds is 12. The van der Waals surface area contributed by atoms with Gasteiger partial charge in [-0.05, 0) is 17.9 Å². The molecule has 29 heavy (non-hydrogen) atoms. The lowest BCUT2D eigenvalue weighted by Gasteiger charge is -2.29. The van der Waals surface area contributed by atoms with Crippen molar-refractivity contribution in [3.63, 3.8) is 0 Å². The second-order valence-electron chi connectivity index (χ2n) is 8.19. The number of ether oxygens (including phenoxy) is 2. The van der Waals surface area contributed by atoms with Crippen LogP contribution in [0.4, 0.5) is 0 Å². The first-order valence-electron chi connectivity index (χ1n) is 9.92. The zero-order valence-corrected chi connectivity index (χ0v) is 17.8. The van der Waals surface area contributed by atoms with Gasteiger partial charge < -0.3 is 19.9 Å². The smallest absolute Gasteiger partial charge is 0.306 e. The highest BCUT2D eigenvalue weighted by atomic mass is 16.5. The van der Waals surface area contributed by atoms with Crippen molar-refractivity contribution in [2.45, 2.75) is 59.7 Å². The predicted molar refractivity (Wildman–Crippen MR) is 109 cm³/mol. The van der Waals surface area contributed by atoms with Crippen LogP contribution < -0.4 is 5.32 Å². The number of hydrogen-bond donors (Lipinski definition) is 2. The Morgan fingerprint density at radius 1 is 1.07 bits per heavy atom. The summed E-state index contributed by atoms with van der Waals surface area (Å²) in [5, 5.41) is 12.9. The van der Waals surface area contributed by atoms with Crippen LogP contribution in [0, 0.1) is 11.3 Å². The molecule has 7 nitrogen and oxygen atoms in total. The Hall–Kier alpha value is -2.41. The maximum absolute atomic E-state index is 12.1. The van der Waals surface area contributed by atoms with Gasteiger partial charge in [0, 0.05) is 24.8 Å². The van der Waals surface area contributed by atoms with Gasteiger partial charge in [0.2, 0.25) is 5.91 Å². The van der Waals surface area contributed by atoms with E-state index in [1.54, 1.807) is 13.8 Å². The molecular weight excluding hydrogens is 374 g/mol. The number of carbonyl (C=O) groups excluding carboxylic acids is 3. The van der Waals surface area contributed by atoms with Gasteiger partial charge in [0.15, 0.2) is 0 Å². The number of carbonyl (C=O) groups is 3. The van der Waals surface area contributed by atoms with Gasteiger partial charge in [-0.2, -0.15) is 0 Å². The van der Waals surface area contributed by atoms with Crippen LogP contribution in [0.2, 0.25) is 0 Å². The van der Waals surface area contributed by atoms with Crippen molar-refractivity contribution < 1.29 is 29.0 Å². The molecule has 2 N–H and O–H groups in total. The Labute approximate surface area is 172 Å². The van der Waals surface area contributed by atoms with Crippen LogP contribution in [0.15, 0.2) is 30.3 Å². The van der Waals surface area contributed by atoms with E-state index in [1.165, 1.54) is 0 Å². The van der Waals surface area contributed by atoms with Crippen molar-refractivity contribution in [2.24, 2.45) is 11.3 Å². The van der Waals surface area contributed by atoms with E-state index in [4.69, 9.17) is 9.47 Å². The van der Waals surface area contributed by atoms with Crippen LogP contribution in [-0.4, -0.2) is 42.2 Å². The normalized spacial score (nSPS) is 12.3. The third kappa shape index (κ3) is 10.1. The maximum atomic E-state index is 12.1. The van der Waals surface area contributed by atoms with Gasteiger partial charge in [-0.15, -0.1) is 0 Å². The Morgan fingerprint density at radius 3 is 2.34 bits per heavy atom. The van der Waals surface area contributed by atoms with E-state index in [0.29, 0.717) is 12.8 Å². The number of aliphatic hydroxyl groups is 1. The number of benzene rings is 1. The van der Waals surface area contributed by atoms with Crippen LogP contribution in [0.5, 0.6) is 0 Å². The van der Waals surface area contributed by atoms with Crippen LogP contribution in [0.25, 0.3) is 0 Å². The van der Waals surface area contributed by atoms with Gasteiger partial charge >= 0.3 is 11.9 Å². The maximum Gasteiger partial charge on any atom is 0.306 e. The molecule has 7 heteroatoms. The molecule has 1 unspecified atom stereocenters. The van der Waals surface area contributed by atoms with Crippen molar-refractivity contribution >= 4 is 17.8 Å². The van der Waals surface area contributed by atoms with Crippen LogP contribution in [-0.2, 0) is 30.5 Å². The van der Waals surface area contributed by atoms with Gasteiger partial charge in [-0.3, -0.25) is 14.4 Å². The summed E-state index contributed by atoms with van der Waals surface area (Å²) in [6.07, 6.45) is -0.479. The standard InChI is InChI=1S/C22H33NO6/c1-16(2)13-19(25)29-15-22(3,4)20(26)21(27)23-12-8-11-18(24)28-14-17-9-6-5-7-10-17/h5-7,9-10,16,20,26H,8,11-15H2,1-4H3,(H,23,27). The average Bonchev–Trinajstić information content (AvgIpc) is 2.67. The molecule has 1 aromatic rings. The summed E-state index contributed by atoms with van der Waals surface area (Å²) in [6.45, 7) is 7.52. The van der Waals surface area contributed by atoms with Crippen LogP contribution >= 0.6 is 0 Å². The molecule has 0 fully saturated rings. The molecule has 0 saturated carbocycles. The predicted octanol–water partition coefficient (Wildman–Crippen LogP) is 2.60. The summed E-state index contributed by atoms with van der Waals surface area (Å²) in [6, 6.07) is 9.38. The molecule has 1 atom stereocenters. The Kier molecular flexibility index (Phi) is 10.4. The molecule has 1 aromatic carbocycles. The van der Waals surface area contributed by atoms with Crippen molar-refractivity contribution in [1.82, 2.24) is 5.32 Å². The zero-order chi connectivity index (χ0) is 21.9. The SMILES string of the molecule is CC(C)CC(=O)OCC(C)(C)C(O)C(=O)NCCCC(=O)OCc1ccccc1. The molecule has 0 aliphatic rings. The third-order valence-corrected chi connectivity index (χ3v) is 4.27. The van der Waals surface area contributed by atoms with E-state index >= 15 is 0 Å². The molecule has 0 heterocycles. The largest absolute Gasteiger partial charge is 0.465 e. The lowest BCUT2D eigenvalue weighted by atomic mass is 9.87.